The van der Waals surface area contributed by atoms with Crippen molar-refractivity contribution in [2.45, 2.75) is 13.5 Å². The number of benzene rings is 2. The molecule has 122 valence electrons. The third-order valence-corrected chi connectivity index (χ3v) is 3.81. The van der Waals surface area contributed by atoms with Crippen molar-refractivity contribution in [3.05, 3.63) is 59.7 Å². The molecular weight excluding hydrogens is 304 g/mol. The van der Waals surface area contributed by atoms with Crippen molar-refractivity contribution in [1.29, 1.82) is 0 Å². The van der Waals surface area contributed by atoms with E-state index in [1.807, 2.05) is 35.8 Å². The number of rotatable bonds is 4. The van der Waals surface area contributed by atoms with E-state index in [0.717, 1.165) is 11.0 Å². The Labute approximate surface area is 139 Å². The molecule has 2 amide bonds. The molecule has 6 nitrogen and oxygen atoms in total. The lowest BCUT2D eigenvalue weighted by molar-refractivity contribution is 0.0963. The largest absolute Gasteiger partial charge is 0.355 e. The van der Waals surface area contributed by atoms with Crippen LogP contribution in [-0.4, -0.2) is 28.4 Å². The highest BCUT2D eigenvalue weighted by Gasteiger charge is 2.14. The van der Waals surface area contributed by atoms with E-state index in [9.17, 15) is 9.59 Å². The van der Waals surface area contributed by atoms with Crippen LogP contribution in [0.1, 0.15) is 27.6 Å². The Bertz CT molecular complexity index is 914. The second-order valence-corrected chi connectivity index (χ2v) is 5.28. The number of para-hydroxylation sites is 2. The summed E-state index contributed by atoms with van der Waals surface area (Å²) in [5, 5.41) is 5.38. The van der Waals surface area contributed by atoms with E-state index in [1.54, 1.807) is 31.3 Å². The van der Waals surface area contributed by atoms with E-state index in [1.165, 1.54) is 0 Å². The third kappa shape index (κ3) is 2.86. The Morgan fingerprint density at radius 1 is 1.04 bits per heavy atom. The van der Waals surface area contributed by atoms with Gasteiger partial charge < -0.3 is 9.88 Å². The van der Waals surface area contributed by atoms with Gasteiger partial charge in [-0.05, 0) is 37.3 Å². The van der Waals surface area contributed by atoms with Crippen molar-refractivity contribution in [2.24, 2.45) is 0 Å². The molecule has 6 heteroatoms. The molecule has 0 bridgehead atoms. The number of fused-ring (bicyclic) bond motifs is 1. The number of hydrogen-bond acceptors (Lipinski definition) is 3. The van der Waals surface area contributed by atoms with Crippen LogP contribution in [0.3, 0.4) is 0 Å². The molecule has 0 aliphatic rings. The summed E-state index contributed by atoms with van der Waals surface area (Å²) in [6.07, 6.45) is 0. The summed E-state index contributed by atoms with van der Waals surface area (Å²) in [4.78, 5) is 28.7. The molecule has 1 heterocycles. The lowest BCUT2D eigenvalue weighted by Crippen LogP contribution is -2.20. The molecule has 0 aliphatic heterocycles. The molecule has 0 unspecified atom stereocenters. The average Bonchev–Trinajstić information content (AvgIpc) is 2.98. The fourth-order valence-corrected chi connectivity index (χ4v) is 2.61. The molecule has 0 atom stereocenters. The number of amides is 2. The zero-order chi connectivity index (χ0) is 17.1. The Morgan fingerprint density at radius 2 is 1.75 bits per heavy atom. The fourth-order valence-electron chi connectivity index (χ4n) is 2.61. The normalized spacial score (nSPS) is 10.6. The number of aryl methyl sites for hydroxylation is 1. The molecule has 3 aromatic rings. The van der Waals surface area contributed by atoms with Gasteiger partial charge in [0.15, 0.2) is 0 Å². The summed E-state index contributed by atoms with van der Waals surface area (Å²) in [5.74, 6) is -0.0368. The number of carbonyl (C=O) groups excluding carboxylic acids is 2. The van der Waals surface area contributed by atoms with E-state index in [4.69, 9.17) is 0 Å². The molecule has 2 aromatic carbocycles. The van der Waals surface area contributed by atoms with E-state index in [0.29, 0.717) is 23.6 Å². The van der Waals surface area contributed by atoms with Gasteiger partial charge in [-0.25, -0.2) is 4.98 Å². The van der Waals surface area contributed by atoms with Crippen LogP contribution in [0.4, 0.5) is 5.95 Å². The molecule has 24 heavy (non-hydrogen) atoms. The maximum Gasteiger partial charge on any atom is 0.257 e. The van der Waals surface area contributed by atoms with Crippen LogP contribution >= 0.6 is 0 Å². The summed E-state index contributed by atoms with van der Waals surface area (Å²) >= 11 is 0. The number of carbonyl (C=O) groups is 2. The molecule has 0 saturated carbocycles. The van der Waals surface area contributed by atoms with Gasteiger partial charge in [-0.1, -0.05) is 18.2 Å². The molecule has 0 saturated heterocycles. The number of nitrogens with zero attached hydrogens (tertiary/aromatic N) is 2. The Morgan fingerprint density at radius 3 is 2.46 bits per heavy atom. The number of nitrogens with one attached hydrogen (secondary N) is 2. The number of hydrogen-bond donors (Lipinski definition) is 2. The van der Waals surface area contributed by atoms with Crippen LogP contribution in [0.15, 0.2) is 48.5 Å². The van der Waals surface area contributed by atoms with Gasteiger partial charge in [-0.15, -0.1) is 0 Å². The van der Waals surface area contributed by atoms with Gasteiger partial charge in [0.2, 0.25) is 5.95 Å². The first-order valence-corrected chi connectivity index (χ1v) is 7.72. The summed E-state index contributed by atoms with van der Waals surface area (Å²) < 4.78 is 1.94. The molecular formula is C18H18N4O2. The van der Waals surface area contributed by atoms with Crippen LogP contribution in [0, 0.1) is 0 Å². The quantitative estimate of drug-likeness (QED) is 0.775. The first-order valence-electron chi connectivity index (χ1n) is 7.72. The first kappa shape index (κ1) is 15.7. The standard InChI is InChI=1S/C18H18N4O2/c1-3-22-15-10-5-4-9-14(15)20-18(22)21-17(24)13-8-6-7-12(11-13)16(23)19-2/h4-11H,3H2,1-2H3,(H,19,23)(H,20,21,24). The Balaban J connectivity index is 1.91. The lowest BCUT2D eigenvalue weighted by Gasteiger charge is -2.08. The minimum Gasteiger partial charge on any atom is -0.355 e. The topological polar surface area (TPSA) is 76.0 Å². The minimum absolute atomic E-state index is 0.231. The van der Waals surface area contributed by atoms with Crippen LogP contribution < -0.4 is 10.6 Å². The van der Waals surface area contributed by atoms with Crippen molar-refractivity contribution in [3.8, 4) is 0 Å². The molecule has 3 rings (SSSR count). The number of aromatic nitrogens is 2. The van der Waals surface area contributed by atoms with Gasteiger partial charge >= 0.3 is 0 Å². The molecule has 0 fully saturated rings. The van der Waals surface area contributed by atoms with Gasteiger partial charge in [0.25, 0.3) is 11.8 Å². The van der Waals surface area contributed by atoms with Gasteiger partial charge in [-0.3, -0.25) is 14.9 Å². The SMILES string of the molecule is CCn1c(NC(=O)c2cccc(C(=O)NC)c2)nc2ccccc21. The molecule has 2 N–H and O–H groups in total. The summed E-state index contributed by atoms with van der Waals surface area (Å²) in [6.45, 7) is 2.68. The van der Waals surface area contributed by atoms with Crippen LogP contribution in [0.25, 0.3) is 11.0 Å². The second kappa shape index (κ2) is 6.54. The highest BCUT2D eigenvalue weighted by molar-refractivity contribution is 6.06. The predicted octanol–water partition coefficient (Wildman–Crippen LogP) is 2.67. The Hall–Kier alpha value is -3.15. The predicted molar refractivity (Wildman–Crippen MR) is 93.2 cm³/mol. The van der Waals surface area contributed by atoms with Crippen molar-refractivity contribution in [1.82, 2.24) is 14.9 Å². The third-order valence-electron chi connectivity index (χ3n) is 3.81. The van der Waals surface area contributed by atoms with Gasteiger partial charge in [-0.2, -0.15) is 0 Å². The van der Waals surface area contributed by atoms with Gasteiger partial charge in [0.1, 0.15) is 0 Å². The smallest absolute Gasteiger partial charge is 0.257 e. The van der Waals surface area contributed by atoms with Crippen molar-refractivity contribution >= 4 is 28.8 Å². The van der Waals surface area contributed by atoms with E-state index in [-0.39, 0.29) is 11.8 Å². The van der Waals surface area contributed by atoms with Crippen molar-refractivity contribution in [2.75, 3.05) is 12.4 Å². The molecule has 0 radical (unpaired) electrons. The number of anilines is 1. The zero-order valence-electron chi connectivity index (χ0n) is 13.5. The molecule has 0 aliphatic carbocycles. The molecule has 1 aromatic heterocycles. The highest BCUT2D eigenvalue weighted by Crippen LogP contribution is 2.20. The van der Waals surface area contributed by atoms with Gasteiger partial charge in [0, 0.05) is 24.7 Å². The summed E-state index contributed by atoms with van der Waals surface area (Å²) in [6, 6.07) is 14.3. The first-order chi connectivity index (χ1) is 11.6. The van der Waals surface area contributed by atoms with E-state index in [2.05, 4.69) is 15.6 Å². The number of imidazole rings is 1. The average molecular weight is 322 g/mol. The van der Waals surface area contributed by atoms with E-state index >= 15 is 0 Å². The summed E-state index contributed by atoms with van der Waals surface area (Å²) in [5.41, 5.74) is 2.64. The van der Waals surface area contributed by atoms with Crippen LogP contribution in [0.5, 0.6) is 0 Å². The Kier molecular flexibility index (Phi) is 4.29. The van der Waals surface area contributed by atoms with E-state index < -0.39 is 0 Å². The van der Waals surface area contributed by atoms with Crippen molar-refractivity contribution in [3.63, 3.8) is 0 Å². The monoisotopic (exact) mass is 322 g/mol. The van der Waals surface area contributed by atoms with Crippen molar-refractivity contribution < 1.29 is 9.59 Å². The highest BCUT2D eigenvalue weighted by atomic mass is 16.2. The summed E-state index contributed by atoms with van der Waals surface area (Å²) in [7, 11) is 1.55. The zero-order valence-corrected chi connectivity index (χ0v) is 13.5. The second-order valence-electron chi connectivity index (χ2n) is 5.28. The van der Waals surface area contributed by atoms with Gasteiger partial charge in [0.05, 0.1) is 11.0 Å². The molecule has 0 spiro atoms. The maximum absolute atomic E-state index is 12.5. The fraction of sp³-hybridized carbons (Fsp3) is 0.167. The minimum atomic E-state index is -0.300. The lowest BCUT2D eigenvalue weighted by atomic mass is 10.1. The van der Waals surface area contributed by atoms with Crippen LogP contribution in [-0.2, 0) is 6.54 Å². The maximum atomic E-state index is 12.5. The van der Waals surface area contributed by atoms with Crippen LogP contribution in [0.2, 0.25) is 0 Å².